The zero-order valence-electron chi connectivity index (χ0n) is 12.7. The fourth-order valence-corrected chi connectivity index (χ4v) is 3.60. The van der Waals surface area contributed by atoms with Gasteiger partial charge in [0.25, 0.3) is 0 Å². The quantitative estimate of drug-likeness (QED) is 0.304. The number of hydrogen-bond donors (Lipinski definition) is 3. The third-order valence-corrected chi connectivity index (χ3v) is 4.70. The summed E-state index contributed by atoms with van der Waals surface area (Å²) < 4.78 is 11.6. The Hall–Kier alpha value is 0.0169. The lowest BCUT2D eigenvalue weighted by Crippen LogP contribution is -2.31. The van der Waals surface area contributed by atoms with Gasteiger partial charge in [0.1, 0.15) is 0 Å². The van der Waals surface area contributed by atoms with Gasteiger partial charge in [-0.1, -0.05) is 13.8 Å². The van der Waals surface area contributed by atoms with Crippen LogP contribution in [-0.4, -0.2) is 55.2 Å². The molecule has 116 valence electrons. The van der Waals surface area contributed by atoms with Crippen LogP contribution >= 0.6 is 0 Å². The van der Waals surface area contributed by atoms with E-state index < -0.39 is 9.28 Å². The van der Waals surface area contributed by atoms with Crippen molar-refractivity contribution in [3.05, 3.63) is 0 Å². The maximum Gasteiger partial charge on any atom is 0.321 e. The van der Waals surface area contributed by atoms with Gasteiger partial charge in [-0.2, -0.15) is 0 Å². The van der Waals surface area contributed by atoms with Gasteiger partial charge in [0.15, 0.2) is 0 Å². The molecule has 0 unspecified atom stereocenters. The Balaban J connectivity index is 3.40. The number of nitrogens with two attached hydrogens (primary N) is 1. The minimum absolute atomic E-state index is 0.705. The van der Waals surface area contributed by atoms with E-state index in [4.69, 9.17) is 14.6 Å². The first-order valence-electron chi connectivity index (χ1n) is 7.69. The predicted octanol–water partition coefficient (Wildman–Crippen LogP) is 0.588. The summed E-state index contributed by atoms with van der Waals surface area (Å²) in [6.07, 6.45) is 3.29. The molecule has 0 bridgehead atoms. The molecule has 0 aliphatic heterocycles. The van der Waals surface area contributed by atoms with Gasteiger partial charge in [0.2, 0.25) is 0 Å². The van der Waals surface area contributed by atoms with Gasteiger partial charge in [-0.25, -0.2) is 0 Å². The Morgan fingerprint density at radius 1 is 0.895 bits per heavy atom. The van der Waals surface area contributed by atoms with Crippen molar-refractivity contribution in [2.75, 3.05) is 45.9 Å². The summed E-state index contributed by atoms with van der Waals surface area (Å²) in [5, 5.41) is 6.68. The fraction of sp³-hybridized carbons (Fsp3) is 1.00. The van der Waals surface area contributed by atoms with E-state index in [9.17, 15) is 0 Å². The molecule has 5 nitrogen and oxygen atoms in total. The Morgan fingerprint density at radius 3 is 2.00 bits per heavy atom. The Labute approximate surface area is 120 Å². The summed E-state index contributed by atoms with van der Waals surface area (Å²) >= 11 is 0. The van der Waals surface area contributed by atoms with Crippen LogP contribution in [-0.2, 0) is 8.85 Å². The van der Waals surface area contributed by atoms with E-state index in [2.05, 4.69) is 24.5 Å². The molecular weight excluding hydrogens is 258 g/mol. The van der Waals surface area contributed by atoms with Crippen molar-refractivity contribution >= 4 is 9.28 Å². The molecule has 0 aromatic heterocycles. The Bertz CT molecular complexity index is 168. The highest BCUT2D eigenvalue weighted by molar-refractivity contribution is 6.44. The van der Waals surface area contributed by atoms with Crippen molar-refractivity contribution in [2.45, 2.75) is 39.2 Å². The first-order chi connectivity index (χ1) is 9.35. The van der Waals surface area contributed by atoms with Gasteiger partial charge in [0, 0.05) is 39.4 Å². The standard InChI is InChI=1S/C13H33N3O2Si/c1-3-11-17-19(18-12-4-2)13-5-7-15-9-10-16-8-6-14/h15-16,19H,3-14H2,1-2H3. The molecule has 19 heavy (non-hydrogen) atoms. The monoisotopic (exact) mass is 291 g/mol. The molecule has 0 aliphatic carbocycles. The molecule has 0 aromatic carbocycles. The van der Waals surface area contributed by atoms with Gasteiger partial charge in [0.05, 0.1) is 0 Å². The molecule has 0 fully saturated rings. The normalized spacial score (nSPS) is 11.4. The molecule has 0 spiro atoms. The first kappa shape index (κ1) is 19.0. The average Bonchev–Trinajstić information content (AvgIpc) is 2.43. The second-order valence-electron chi connectivity index (χ2n) is 4.60. The van der Waals surface area contributed by atoms with E-state index in [-0.39, 0.29) is 0 Å². The smallest absolute Gasteiger partial charge is 0.321 e. The molecule has 0 atom stereocenters. The van der Waals surface area contributed by atoms with Crippen molar-refractivity contribution in [3.8, 4) is 0 Å². The van der Waals surface area contributed by atoms with Crippen molar-refractivity contribution < 1.29 is 8.85 Å². The lowest BCUT2D eigenvalue weighted by atomic mass is 10.4. The highest BCUT2D eigenvalue weighted by Crippen LogP contribution is 2.02. The molecule has 0 saturated carbocycles. The van der Waals surface area contributed by atoms with E-state index in [1.165, 1.54) is 0 Å². The summed E-state index contributed by atoms with van der Waals surface area (Å²) in [5.74, 6) is 0. The molecule has 0 aromatic rings. The van der Waals surface area contributed by atoms with Gasteiger partial charge < -0.3 is 25.2 Å². The maximum atomic E-state index is 5.82. The summed E-state index contributed by atoms with van der Waals surface area (Å²) in [6.45, 7) is 10.6. The topological polar surface area (TPSA) is 68.5 Å². The van der Waals surface area contributed by atoms with Gasteiger partial charge in [-0.15, -0.1) is 0 Å². The number of rotatable bonds is 15. The molecule has 0 rings (SSSR count). The van der Waals surface area contributed by atoms with E-state index in [1.807, 2.05) is 0 Å². The number of nitrogens with one attached hydrogen (secondary N) is 2. The van der Waals surface area contributed by atoms with Crippen molar-refractivity contribution in [1.29, 1.82) is 0 Å². The van der Waals surface area contributed by atoms with Crippen LogP contribution < -0.4 is 16.4 Å². The van der Waals surface area contributed by atoms with Crippen molar-refractivity contribution in [3.63, 3.8) is 0 Å². The van der Waals surface area contributed by atoms with Crippen LogP contribution in [0.4, 0.5) is 0 Å². The second kappa shape index (κ2) is 16.1. The number of hydrogen-bond acceptors (Lipinski definition) is 5. The molecule has 0 radical (unpaired) electrons. The fourth-order valence-electron chi connectivity index (χ4n) is 1.64. The van der Waals surface area contributed by atoms with E-state index in [0.717, 1.165) is 64.7 Å². The molecule has 0 heterocycles. The van der Waals surface area contributed by atoms with Crippen LogP contribution in [0.5, 0.6) is 0 Å². The maximum absolute atomic E-state index is 5.82. The van der Waals surface area contributed by atoms with E-state index >= 15 is 0 Å². The minimum atomic E-state index is -1.41. The zero-order chi connectivity index (χ0) is 14.2. The summed E-state index contributed by atoms with van der Waals surface area (Å²) in [5.41, 5.74) is 5.40. The molecule has 4 N–H and O–H groups in total. The van der Waals surface area contributed by atoms with Crippen LogP contribution in [0.3, 0.4) is 0 Å². The molecule has 0 saturated heterocycles. The molecule has 0 aliphatic rings. The lowest BCUT2D eigenvalue weighted by Gasteiger charge is -2.16. The average molecular weight is 292 g/mol. The molecule has 6 heteroatoms. The minimum Gasteiger partial charge on any atom is -0.397 e. The van der Waals surface area contributed by atoms with Gasteiger partial charge in [-0.3, -0.25) is 0 Å². The first-order valence-corrected chi connectivity index (χ1v) is 9.45. The Kier molecular flexibility index (Phi) is 16.1. The summed E-state index contributed by atoms with van der Waals surface area (Å²) in [6, 6.07) is 1.10. The summed E-state index contributed by atoms with van der Waals surface area (Å²) in [7, 11) is -1.41. The zero-order valence-corrected chi connectivity index (χ0v) is 13.9. The van der Waals surface area contributed by atoms with Crippen molar-refractivity contribution in [2.24, 2.45) is 5.73 Å². The van der Waals surface area contributed by atoms with Crippen LogP contribution in [0.1, 0.15) is 33.1 Å². The van der Waals surface area contributed by atoms with Crippen LogP contribution in [0, 0.1) is 0 Å². The summed E-state index contributed by atoms with van der Waals surface area (Å²) in [4.78, 5) is 0. The highest BCUT2D eigenvalue weighted by Gasteiger charge is 2.11. The Morgan fingerprint density at radius 2 is 1.47 bits per heavy atom. The van der Waals surface area contributed by atoms with E-state index in [0.29, 0.717) is 6.54 Å². The van der Waals surface area contributed by atoms with Crippen LogP contribution in [0.15, 0.2) is 0 Å². The van der Waals surface area contributed by atoms with Crippen molar-refractivity contribution in [1.82, 2.24) is 10.6 Å². The molecular formula is C13H33N3O2Si. The van der Waals surface area contributed by atoms with Crippen LogP contribution in [0.2, 0.25) is 6.04 Å². The predicted molar refractivity (Wildman–Crippen MR) is 83.9 cm³/mol. The largest absolute Gasteiger partial charge is 0.397 e. The highest BCUT2D eigenvalue weighted by atomic mass is 28.3. The van der Waals surface area contributed by atoms with E-state index in [1.54, 1.807) is 0 Å². The van der Waals surface area contributed by atoms with Gasteiger partial charge in [-0.05, 0) is 31.9 Å². The molecule has 0 amide bonds. The third kappa shape index (κ3) is 14.2. The van der Waals surface area contributed by atoms with Gasteiger partial charge >= 0.3 is 9.28 Å². The van der Waals surface area contributed by atoms with Crippen LogP contribution in [0.25, 0.3) is 0 Å². The SMILES string of the molecule is CCCO[SiH](CCCNCCNCCN)OCCC. The third-order valence-electron chi connectivity index (χ3n) is 2.61. The lowest BCUT2D eigenvalue weighted by molar-refractivity contribution is 0.196. The second-order valence-corrected chi connectivity index (χ2v) is 6.71.